The van der Waals surface area contributed by atoms with Crippen molar-refractivity contribution >= 4 is 5.78 Å². The van der Waals surface area contributed by atoms with E-state index in [-0.39, 0.29) is 5.92 Å². The van der Waals surface area contributed by atoms with Crippen molar-refractivity contribution in [2.24, 2.45) is 11.3 Å². The van der Waals surface area contributed by atoms with Crippen LogP contribution in [0, 0.1) is 11.3 Å². The Morgan fingerprint density at radius 2 is 1.94 bits per heavy atom. The quantitative estimate of drug-likeness (QED) is 0.771. The SMILES string of the molecule is CN(CC(=O)C1CCOC1)C1CCC(C)(C)CC1. The van der Waals surface area contributed by atoms with Crippen LogP contribution in [0.1, 0.15) is 46.0 Å². The standard InChI is InChI=1S/C15H27NO2/c1-15(2)7-4-13(5-8-15)16(3)10-14(17)12-6-9-18-11-12/h12-13H,4-11H2,1-3H3. The zero-order valence-corrected chi connectivity index (χ0v) is 12.1. The molecule has 0 aromatic carbocycles. The number of ketones is 1. The summed E-state index contributed by atoms with van der Waals surface area (Å²) in [6.07, 6.45) is 5.95. The second-order valence-electron chi connectivity index (χ2n) is 6.84. The second-order valence-corrected chi connectivity index (χ2v) is 6.84. The summed E-state index contributed by atoms with van der Waals surface area (Å²) in [5.74, 6) is 0.535. The molecule has 3 heteroatoms. The summed E-state index contributed by atoms with van der Waals surface area (Å²) in [5.41, 5.74) is 0.501. The van der Waals surface area contributed by atoms with Gasteiger partial charge in [-0.05, 0) is 44.6 Å². The number of ether oxygens (including phenoxy) is 1. The van der Waals surface area contributed by atoms with Crippen molar-refractivity contribution in [3.63, 3.8) is 0 Å². The van der Waals surface area contributed by atoms with Gasteiger partial charge in [0, 0.05) is 18.6 Å². The number of carbonyl (C=O) groups excluding carboxylic acids is 1. The summed E-state index contributed by atoms with van der Waals surface area (Å²) >= 11 is 0. The Hall–Kier alpha value is -0.410. The summed E-state index contributed by atoms with van der Waals surface area (Å²) < 4.78 is 5.29. The van der Waals surface area contributed by atoms with Crippen LogP contribution in [-0.4, -0.2) is 43.5 Å². The van der Waals surface area contributed by atoms with Gasteiger partial charge in [0.25, 0.3) is 0 Å². The number of likely N-dealkylation sites (N-methyl/N-ethyl adjacent to an activating group) is 1. The van der Waals surface area contributed by atoms with Gasteiger partial charge in [0.15, 0.2) is 5.78 Å². The van der Waals surface area contributed by atoms with Gasteiger partial charge in [0.2, 0.25) is 0 Å². The smallest absolute Gasteiger partial charge is 0.152 e. The molecule has 1 aliphatic heterocycles. The lowest BCUT2D eigenvalue weighted by Gasteiger charge is -2.38. The number of Topliss-reactive ketones (excluding diaryl/α,β-unsaturated/α-hetero) is 1. The Bertz CT molecular complexity index is 285. The van der Waals surface area contributed by atoms with E-state index in [1.165, 1.54) is 25.7 Å². The maximum Gasteiger partial charge on any atom is 0.152 e. The minimum absolute atomic E-state index is 0.160. The molecule has 0 spiro atoms. The van der Waals surface area contributed by atoms with Gasteiger partial charge in [0.1, 0.15) is 0 Å². The Kier molecular flexibility index (Phi) is 4.44. The summed E-state index contributed by atoms with van der Waals surface area (Å²) in [6, 6.07) is 0.601. The molecule has 1 saturated heterocycles. The van der Waals surface area contributed by atoms with Gasteiger partial charge < -0.3 is 4.74 Å². The number of carbonyl (C=O) groups is 1. The van der Waals surface area contributed by atoms with Crippen LogP contribution in [0.15, 0.2) is 0 Å². The molecule has 2 rings (SSSR count). The van der Waals surface area contributed by atoms with Gasteiger partial charge in [0.05, 0.1) is 13.2 Å². The highest BCUT2D eigenvalue weighted by Gasteiger charge is 2.31. The molecule has 18 heavy (non-hydrogen) atoms. The third-order valence-electron chi connectivity index (χ3n) is 4.72. The molecular weight excluding hydrogens is 226 g/mol. The van der Waals surface area contributed by atoms with Crippen LogP contribution in [0.4, 0.5) is 0 Å². The molecule has 2 fully saturated rings. The lowest BCUT2D eigenvalue weighted by atomic mass is 9.75. The number of hydrogen-bond donors (Lipinski definition) is 0. The molecule has 1 unspecified atom stereocenters. The molecule has 0 amide bonds. The zero-order valence-electron chi connectivity index (χ0n) is 12.1. The monoisotopic (exact) mass is 253 g/mol. The Balaban J connectivity index is 1.77. The normalized spacial score (nSPS) is 28.8. The molecule has 1 atom stereocenters. The first-order valence-corrected chi connectivity index (χ1v) is 7.29. The summed E-state index contributed by atoms with van der Waals surface area (Å²) in [7, 11) is 2.11. The van der Waals surface area contributed by atoms with Gasteiger partial charge in [-0.2, -0.15) is 0 Å². The molecule has 1 heterocycles. The van der Waals surface area contributed by atoms with E-state index in [0.29, 0.717) is 30.4 Å². The first kappa shape index (κ1) is 14.0. The van der Waals surface area contributed by atoms with Gasteiger partial charge in [-0.25, -0.2) is 0 Å². The van der Waals surface area contributed by atoms with Crippen molar-refractivity contribution < 1.29 is 9.53 Å². The van der Waals surface area contributed by atoms with Crippen molar-refractivity contribution in [3.05, 3.63) is 0 Å². The van der Waals surface area contributed by atoms with Crippen molar-refractivity contribution in [3.8, 4) is 0 Å². The van der Waals surface area contributed by atoms with E-state index in [1.807, 2.05) is 0 Å². The summed E-state index contributed by atoms with van der Waals surface area (Å²) in [5, 5.41) is 0. The summed E-state index contributed by atoms with van der Waals surface area (Å²) in [4.78, 5) is 14.4. The first-order valence-electron chi connectivity index (χ1n) is 7.29. The summed E-state index contributed by atoms with van der Waals surface area (Å²) in [6.45, 7) is 6.72. The third-order valence-corrected chi connectivity index (χ3v) is 4.72. The van der Waals surface area contributed by atoms with Crippen LogP contribution in [0.25, 0.3) is 0 Å². The van der Waals surface area contributed by atoms with E-state index in [9.17, 15) is 4.79 Å². The lowest BCUT2D eigenvalue weighted by Crippen LogP contribution is -2.41. The predicted molar refractivity (Wildman–Crippen MR) is 72.6 cm³/mol. The van der Waals surface area contributed by atoms with E-state index < -0.39 is 0 Å². The van der Waals surface area contributed by atoms with Crippen molar-refractivity contribution in [1.29, 1.82) is 0 Å². The molecular formula is C15H27NO2. The predicted octanol–water partition coefficient (Wildman–Crippen LogP) is 2.49. The molecule has 0 aromatic heterocycles. The fourth-order valence-electron chi connectivity index (χ4n) is 3.12. The first-order chi connectivity index (χ1) is 8.48. The van der Waals surface area contributed by atoms with Gasteiger partial charge in [-0.15, -0.1) is 0 Å². The van der Waals surface area contributed by atoms with E-state index in [1.54, 1.807) is 0 Å². The molecule has 3 nitrogen and oxygen atoms in total. The number of hydrogen-bond acceptors (Lipinski definition) is 3. The molecule has 0 bridgehead atoms. The lowest BCUT2D eigenvalue weighted by molar-refractivity contribution is -0.124. The molecule has 104 valence electrons. The second kappa shape index (κ2) is 5.70. The average molecular weight is 253 g/mol. The van der Waals surface area contributed by atoms with Crippen LogP contribution in [-0.2, 0) is 9.53 Å². The molecule has 0 N–H and O–H groups in total. The van der Waals surface area contributed by atoms with Crippen LogP contribution >= 0.6 is 0 Å². The van der Waals surface area contributed by atoms with Gasteiger partial charge in [-0.1, -0.05) is 13.8 Å². The minimum atomic E-state index is 0.160. The molecule has 1 aliphatic carbocycles. The molecule has 0 aromatic rings. The van der Waals surface area contributed by atoms with E-state index in [0.717, 1.165) is 13.0 Å². The molecule has 1 saturated carbocycles. The Labute approximate surface area is 111 Å². The highest BCUT2D eigenvalue weighted by molar-refractivity contribution is 5.83. The Morgan fingerprint density at radius 1 is 1.28 bits per heavy atom. The minimum Gasteiger partial charge on any atom is -0.381 e. The Morgan fingerprint density at radius 3 is 2.50 bits per heavy atom. The van der Waals surface area contributed by atoms with Crippen LogP contribution in [0.2, 0.25) is 0 Å². The fraction of sp³-hybridized carbons (Fsp3) is 0.933. The van der Waals surface area contributed by atoms with Crippen molar-refractivity contribution in [2.75, 3.05) is 26.8 Å². The number of nitrogens with zero attached hydrogens (tertiary/aromatic N) is 1. The van der Waals surface area contributed by atoms with Crippen molar-refractivity contribution in [2.45, 2.75) is 52.0 Å². The molecule has 0 radical (unpaired) electrons. The van der Waals surface area contributed by atoms with E-state index >= 15 is 0 Å². The maximum atomic E-state index is 12.1. The fourth-order valence-corrected chi connectivity index (χ4v) is 3.12. The highest BCUT2D eigenvalue weighted by atomic mass is 16.5. The topological polar surface area (TPSA) is 29.5 Å². The van der Waals surface area contributed by atoms with Gasteiger partial charge >= 0.3 is 0 Å². The van der Waals surface area contributed by atoms with Crippen molar-refractivity contribution in [1.82, 2.24) is 4.90 Å². The van der Waals surface area contributed by atoms with E-state index in [2.05, 4.69) is 25.8 Å². The molecule has 2 aliphatic rings. The number of rotatable bonds is 4. The largest absolute Gasteiger partial charge is 0.381 e. The van der Waals surface area contributed by atoms with Crippen LogP contribution < -0.4 is 0 Å². The third kappa shape index (κ3) is 3.55. The van der Waals surface area contributed by atoms with Crippen LogP contribution in [0.5, 0.6) is 0 Å². The van der Waals surface area contributed by atoms with E-state index in [4.69, 9.17) is 4.74 Å². The average Bonchev–Trinajstić information content (AvgIpc) is 2.82. The maximum absolute atomic E-state index is 12.1. The van der Waals surface area contributed by atoms with Crippen LogP contribution in [0.3, 0.4) is 0 Å². The van der Waals surface area contributed by atoms with Gasteiger partial charge in [-0.3, -0.25) is 9.69 Å². The highest BCUT2D eigenvalue weighted by Crippen LogP contribution is 2.36. The zero-order chi connectivity index (χ0) is 13.2.